The molecule has 0 spiro atoms. The number of nitrogens with zero attached hydrogens (tertiary/aromatic N) is 1. The van der Waals surface area contributed by atoms with Gasteiger partial charge in [-0.1, -0.05) is 19.9 Å². The summed E-state index contributed by atoms with van der Waals surface area (Å²) in [7, 11) is 0. The molecule has 0 radical (unpaired) electrons. The number of hydrogen-bond acceptors (Lipinski definition) is 3. The lowest BCUT2D eigenvalue weighted by atomic mass is 9.98. The van der Waals surface area contributed by atoms with Gasteiger partial charge < -0.3 is 15.5 Å². The first-order valence-corrected chi connectivity index (χ1v) is 7.99. The zero-order valence-electron chi connectivity index (χ0n) is 13.4. The van der Waals surface area contributed by atoms with Crippen molar-refractivity contribution in [2.45, 2.75) is 39.8 Å². The van der Waals surface area contributed by atoms with Crippen LogP contribution in [-0.4, -0.2) is 43.0 Å². The van der Waals surface area contributed by atoms with Gasteiger partial charge in [-0.25, -0.2) is 0 Å². The summed E-state index contributed by atoms with van der Waals surface area (Å²) in [6, 6.07) is 6.23. The minimum Gasteiger partial charge on any atom is -0.348 e. The SMILES string of the molecule is CCN(CC)CC(C)NC(=O)c1ccc2c(c1)CNCC2. The Kier molecular flexibility index (Phi) is 5.76. The Hall–Kier alpha value is -1.39. The summed E-state index contributed by atoms with van der Waals surface area (Å²) in [6.07, 6.45) is 1.05. The van der Waals surface area contributed by atoms with Crippen LogP contribution in [-0.2, 0) is 13.0 Å². The summed E-state index contributed by atoms with van der Waals surface area (Å²) in [4.78, 5) is 14.7. The molecule has 0 aromatic heterocycles. The lowest BCUT2D eigenvalue weighted by Crippen LogP contribution is -2.42. The van der Waals surface area contributed by atoms with Crippen LogP contribution in [0.15, 0.2) is 18.2 Å². The van der Waals surface area contributed by atoms with Crippen LogP contribution in [0.25, 0.3) is 0 Å². The van der Waals surface area contributed by atoms with Crippen LogP contribution in [0.5, 0.6) is 0 Å². The molecule has 4 heteroatoms. The second-order valence-corrected chi connectivity index (χ2v) is 5.77. The van der Waals surface area contributed by atoms with Crippen LogP contribution in [0.1, 0.15) is 42.3 Å². The van der Waals surface area contributed by atoms with Gasteiger partial charge in [0, 0.05) is 24.7 Å². The number of amides is 1. The third-order valence-corrected chi connectivity index (χ3v) is 4.16. The van der Waals surface area contributed by atoms with Crippen LogP contribution < -0.4 is 10.6 Å². The highest BCUT2D eigenvalue weighted by Gasteiger charge is 2.15. The number of hydrogen-bond donors (Lipinski definition) is 2. The molecule has 1 aromatic rings. The Labute approximate surface area is 127 Å². The monoisotopic (exact) mass is 289 g/mol. The van der Waals surface area contributed by atoms with E-state index in [2.05, 4.69) is 42.4 Å². The van der Waals surface area contributed by atoms with E-state index in [-0.39, 0.29) is 11.9 Å². The maximum Gasteiger partial charge on any atom is 0.251 e. The molecule has 116 valence electrons. The Bertz CT molecular complexity index is 483. The van der Waals surface area contributed by atoms with E-state index >= 15 is 0 Å². The second-order valence-electron chi connectivity index (χ2n) is 5.77. The molecule has 1 aliphatic rings. The van der Waals surface area contributed by atoms with Gasteiger partial charge in [-0.05, 0) is 56.2 Å². The smallest absolute Gasteiger partial charge is 0.251 e. The Morgan fingerprint density at radius 2 is 2.10 bits per heavy atom. The standard InChI is InChI=1S/C17H27N3O/c1-4-20(5-2)12-13(3)19-17(21)15-7-6-14-8-9-18-11-16(14)10-15/h6-7,10,13,18H,4-5,8-9,11-12H2,1-3H3,(H,19,21). The molecule has 0 saturated heterocycles. The van der Waals surface area contributed by atoms with E-state index in [1.807, 2.05) is 12.1 Å². The van der Waals surface area contributed by atoms with Crippen molar-refractivity contribution in [3.8, 4) is 0 Å². The Balaban J connectivity index is 1.96. The zero-order chi connectivity index (χ0) is 15.2. The zero-order valence-corrected chi connectivity index (χ0v) is 13.4. The van der Waals surface area contributed by atoms with E-state index in [9.17, 15) is 4.79 Å². The minimum absolute atomic E-state index is 0.0306. The van der Waals surface area contributed by atoms with Gasteiger partial charge in [0.15, 0.2) is 0 Å². The highest BCUT2D eigenvalue weighted by atomic mass is 16.1. The van der Waals surface area contributed by atoms with Crippen molar-refractivity contribution < 1.29 is 4.79 Å². The van der Waals surface area contributed by atoms with Crippen molar-refractivity contribution in [3.63, 3.8) is 0 Å². The molecule has 1 heterocycles. The van der Waals surface area contributed by atoms with Crippen LogP contribution in [0, 0.1) is 0 Å². The maximum atomic E-state index is 12.3. The van der Waals surface area contributed by atoms with Gasteiger partial charge in [0.25, 0.3) is 5.91 Å². The molecule has 2 rings (SSSR count). The van der Waals surface area contributed by atoms with Gasteiger partial charge in [0.1, 0.15) is 0 Å². The number of likely N-dealkylation sites (N-methyl/N-ethyl adjacent to an activating group) is 1. The molecular formula is C17H27N3O. The number of benzene rings is 1. The van der Waals surface area contributed by atoms with E-state index in [0.29, 0.717) is 0 Å². The first-order chi connectivity index (χ1) is 10.1. The molecule has 1 aromatic carbocycles. The third kappa shape index (κ3) is 4.29. The van der Waals surface area contributed by atoms with E-state index in [1.54, 1.807) is 0 Å². The topological polar surface area (TPSA) is 44.4 Å². The molecule has 0 fully saturated rings. The van der Waals surface area contributed by atoms with Crippen molar-refractivity contribution in [2.75, 3.05) is 26.2 Å². The van der Waals surface area contributed by atoms with Gasteiger partial charge in [-0.3, -0.25) is 4.79 Å². The fourth-order valence-corrected chi connectivity index (χ4v) is 2.84. The van der Waals surface area contributed by atoms with Gasteiger partial charge in [0.05, 0.1) is 0 Å². The first-order valence-electron chi connectivity index (χ1n) is 7.99. The second kappa shape index (κ2) is 7.57. The lowest BCUT2D eigenvalue weighted by molar-refractivity contribution is 0.0930. The van der Waals surface area contributed by atoms with Crippen LogP contribution in [0.3, 0.4) is 0 Å². The van der Waals surface area contributed by atoms with Crippen molar-refractivity contribution in [2.24, 2.45) is 0 Å². The highest BCUT2D eigenvalue weighted by molar-refractivity contribution is 5.94. The molecular weight excluding hydrogens is 262 g/mol. The maximum absolute atomic E-state index is 12.3. The molecule has 1 unspecified atom stereocenters. The van der Waals surface area contributed by atoms with Crippen LogP contribution >= 0.6 is 0 Å². The van der Waals surface area contributed by atoms with E-state index < -0.39 is 0 Å². The normalized spacial score (nSPS) is 15.6. The lowest BCUT2D eigenvalue weighted by Gasteiger charge is -2.23. The Morgan fingerprint density at radius 3 is 2.81 bits per heavy atom. The molecule has 0 saturated carbocycles. The molecule has 1 atom stereocenters. The molecule has 21 heavy (non-hydrogen) atoms. The number of carbonyl (C=O) groups excluding carboxylic acids is 1. The number of nitrogens with one attached hydrogen (secondary N) is 2. The third-order valence-electron chi connectivity index (χ3n) is 4.16. The van der Waals surface area contributed by atoms with Crippen LogP contribution in [0.2, 0.25) is 0 Å². The fraction of sp³-hybridized carbons (Fsp3) is 0.588. The summed E-state index contributed by atoms with van der Waals surface area (Å²) < 4.78 is 0. The quantitative estimate of drug-likeness (QED) is 0.839. The van der Waals surface area contributed by atoms with Crippen molar-refractivity contribution >= 4 is 5.91 Å². The van der Waals surface area contributed by atoms with Gasteiger partial charge in [0.2, 0.25) is 0 Å². The molecule has 0 bridgehead atoms. The van der Waals surface area contributed by atoms with Crippen LogP contribution in [0.4, 0.5) is 0 Å². The summed E-state index contributed by atoms with van der Waals surface area (Å²) in [6.45, 7) is 11.2. The average Bonchev–Trinajstić information content (AvgIpc) is 2.52. The largest absolute Gasteiger partial charge is 0.348 e. The van der Waals surface area contributed by atoms with Crippen molar-refractivity contribution in [1.29, 1.82) is 0 Å². The minimum atomic E-state index is 0.0306. The van der Waals surface area contributed by atoms with Crippen molar-refractivity contribution in [3.05, 3.63) is 34.9 Å². The van der Waals surface area contributed by atoms with Gasteiger partial charge >= 0.3 is 0 Å². The number of fused-ring (bicyclic) bond motifs is 1. The number of carbonyl (C=O) groups is 1. The van der Waals surface area contributed by atoms with Gasteiger partial charge in [-0.15, -0.1) is 0 Å². The van der Waals surface area contributed by atoms with E-state index in [0.717, 1.165) is 44.7 Å². The molecule has 1 amide bonds. The van der Waals surface area contributed by atoms with Gasteiger partial charge in [-0.2, -0.15) is 0 Å². The average molecular weight is 289 g/mol. The summed E-state index contributed by atoms with van der Waals surface area (Å²) >= 11 is 0. The Morgan fingerprint density at radius 1 is 1.33 bits per heavy atom. The molecule has 4 nitrogen and oxygen atoms in total. The predicted octanol–water partition coefficient (Wildman–Crippen LogP) is 1.79. The van der Waals surface area contributed by atoms with E-state index in [4.69, 9.17) is 0 Å². The van der Waals surface area contributed by atoms with E-state index in [1.165, 1.54) is 11.1 Å². The molecule has 0 aliphatic carbocycles. The predicted molar refractivity (Wildman–Crippen MR) is 86.6 cm³/mol. The summed E-state index contributed by atoms with van der Waals surface area (Å²) in [5.74, 6) is 0.0306. The first kappa shape index (κ1) is 16.0. The molecule has 2 N–H and O–H groups in total. The molecule has 1 aliphatic heterocycles. The summed E-state index contributed by atoms with van der Waals surface area (Å²) in [5.41, 5.74) is 3.38. The van der Waals surface area contributed by atoms with Crippen molar-refractivity contribution in [1.82, 2.24) is 15.5 Å². The summed E-state index contributed by atoms with van der Waals surface area (Å²) in [5, 5.41) is 6.45. The highest BCUT2D eigenvalue weighted by Crippen LogP contribution is 2.16. The fourth-order valence-electron chi connectivity index (χ4n) is 2.84. The number of rotatable bonds is 6.